The van der Waals surface area contributed by atoms with Crippen molar-refractivity contribution in [2.45, 2.75) is 10.9 Å². The SMILES string of the molecule is O=S(=O)(NCC(c1cccs1)n1cccn1)c1ccccc1Cl. The molecule has 3 aromatic rings. The third kappa shape index (κ3) is 3.64. The first-order chi connectivity index (χ1) is 11.1. The minimum absolute atomic E-state index is 0.0760. The predicted octanol–water partition coefficient (Wildman–Crippen LogP) is 3.17. The van der Waals surface area contributed by atoms with Gasteiger partial charge in [0.15, 0.2) is 0 Å². The lowest BCUT2D eigenvalue weighted by molar-refractivity contribution is 0.511. The Labute approximate surface area is 143 Å². The fourth-order valence-electron chi connectivity index (χ4n) is 2.20. The average Bonchev–Trinajstić information content (AvgIpc) is 3.21. The van der Waals surface area contributed by atoms with E-state index < -0.39 is 10.0 Å². The lowest BCUT2D eigenvalue weighted by atomic mass is 10.2. The first-order valence-corrected chi connectivity index (χ1v) is 9.59. The van der Waals surface area contributed by atoms with E-state index in [-0.39, 0.29) is 22.5 Å². The summed E-state index contributed by atoms with van der Waals surface area (Å²) in [5.74, 6) is 0. The summed E-state index contributed by atoms with van der Waals surface area (Å²) in [5.41, 5.74) is 0. The first kappa shape index (κ1) is 16.2. The zero-order chi connectivity index (χ0) is 16.3. The molecule has 0 saturated carbocycles. The molecule has 0 amide bonds. The fourth-order valence-corrected chi connectivity index (χ4v) is 4.57. The predicted molar refractivity (Wildman–Crippen MR) is 91.3 cm³/mol. The van der Waals surface area contributed by atoms with E-state index in [0.717, 1.165) is 4.88 Å². The van der Waals surface area contributed by atoms with Crippen molar-refractivity contribution in [2.24, 2.45) is 0 Å². The number of sulfonamides is 1. The Kier molecular flexibility index (Phi) is 4.82. The number of halogens is 1. The summed E-state index contributed by atoms with van der Waals surface area (Å²) in [5, 5.41) is 6.38. The average molecular weight is 368 g/mol. The van der Waals surface area contributed by atoms with Crippen molar-refractivity contribution in [2.75, 3.05) is 6.54 Å². The number of nitrogens with one attached hydrogen (secondary N) is 1. The zero-order valence-corrected chi connectivity index (χ0v) is 14.4. The number of aromatic nitrogens is 2. The van der Waals surface area contributed by atoms with Crippen LogP contribution in [0.25, 0.3) is 0 Å². The second kappa shape index (κ2) is 6.84. The molecule has 1 aromatic carbocycles. The summed E-state index contributed by atoms with van der Waals surface area (Å²) in [6.07, 6.45) is 3.48. The molecule has 0 aliphatic heterocycles. The molecule has 0 radical (unpaired) electrons. The molecule has 0 aliphatic rings. The normalized spacial score (nSPS) is 13.1. The van der Waals surface area contributed by atoms with Crippen LogP contribution in [0, 0.1) is 0 Å². The highest BCUT2D eigenvalue weighted by Gasteiger charge is 2.22. The molecule has 5 nitrogen and oxygen atoms in total. The Morgan fingerprint density at radius 3 is 2.70 bits per heavy atom. The highest BCUT2D eigenvalue weighted by molar-refractivity contribution is 7.89. The zero-order valence-electron chi connectivity index (χ0n) is 12.0. The summed E-state index contributed by atoms with van der Waals surface area (Å²) in [7, 11) is -3.69. The van der Waals surface area contributed by atoms with Gasteiger partial charge in [-0.2, -0.15) is 5.10 Å². The van der Waals surface area contributed by atoms with Gasteiger partial charge in [0.1, 0.15) is 4.90 Å². The van der Waals surface area contributed by atoms with Crippen molar-refractivity contribution in [1.82, 2.24) is 14.5 Å². The van der Waals surface area contributed by atoms with Gasteiger partial charge >= 0.3 is 0 Å². The molecule has 1 atom stereocenters. The minimum atomic E-state index is -3.69. The minimum Gasteiger partial charge on any atom is -0.263 e. The number of benzene rings is 1. The van der Waals surface area contributed by atoms with Gasteiger partial charge in [-0.3, -0.25) is 4.68 Å². The van der Waals surface area contributed by atoms with Gasteiger partial charge < -0.3 is 0 Å². The van der Waals surface area contributed by atoms with Gasteiger partial charge in [-0.25, -0.2) is 13.1 Å². The molecule has 23 heavy (non-hydrogen) atoms. The molecule has 2 aromatic heterocycles. The maximum atomic E-state index is 12.5. The molecule has 1 N–H and O–H groups in total. The van der Waals surface area contributed by atoms with Gasteiger partial charge in [0.25, 0.3) is 0 Å². The van der Waals surface area contributed by atoms with E-state index >= 15 is 0 Å². The van der Waals surface area contributed by atoms with E-state index in [1.165, 1.54) is 6.07 Å². The van der Waals surface area contributed by atoms with Crippen LogP contribution in [0.15, 0.2) is 65.1 Å². The van der Waals surface area contributed by atoms with Crippen LogP contribution in [0.3, 0.4) is 0 Å². The molecule has 0 spiro atoms. The maximum absolute atomic E-state index is 12.5. The number of rotatable bonds is 6. The quantitative estimate of drug-likeness (QED) is 0.727. The van der Waals surface area contributed by atoms with Crippen molar-refractivity contribution >= 4 is 33.0 Å². The van der Waals surface area contributed by atoms with Crippen LogP contribution in [0.2, 0.25) is 5.02 Å². The standard InChI is InChI=1S/C15H14ClN3O2S2/c16-12-5-1-2-7-15(12)23(20,21)18-11-13(14-6-3-10-22-14)19-9-4-8-17-19/h1-10,13,18H,11H2. The van der Waals surface area contributed by atoms with Crippen LogP contribution in [0.5, 0.6) is 0 Å². The third-order valence-electron chi connectivity index (χ3n) is 3.31. The second-order valence-corrected chi connectivity index (χ2v) is 7.92. The van der Waals surface area contributed by atoms with Crippen LogP contribution in [0.4, 0.5) is 0 Å². The lowest BCUT2D eigenvalue weighted by Crippen LogP contribution is -2.31. The summed E-state index contributed by atoms with van der Waals surface area (Å²) >= 11 is 7.55. The van der Waals surface area contributed by atoms with Crippen molar-refractivity contribution in [3.8, 4) is 0 Å². The summed E-state index contributed by atoms with van der Waals surface area (Å²) in [6.45, 7) is 0.190. The highest BCUT2D eigenvalue weighted by Crippen LogP contribution is 2.24. The Bertz CT molecular complexity index is 828. The molecule has 2 heterocycles. The van der Waals surface area contributed by atoms with E-state index in [0.29, 0.717) is 0 Å². The third-order valence-corrected chi connectivity index (χ3v) is 6.21. The highest BCUT2D eigenvalue weighted by atomic mass is 35.5. The van der Waals surface area contributed by atoms with Gasteiger partial charge in [-0.15, -0.1) is 11.3 Å². The van der Waals surface area contributed by atoms with Crippen molar-refractivity contribution in [3.63, 3.8) is 0 Å². The number of hydrogen-bond acceptors (Lipinski definition) is 4. The lowest BCUT2D eigenvalue weighted by Gasteiger charge is -2.17. The van der Waals surface area contributed by atoms with Crippen LogP contribution in [-0.4, -0.2) is 24.7 Å². The molecule has 8 heteroatoms. The number of hydrogen-bond donors (Lipinski definition) is 1. The van der Waals surface area contributed by atoms with Crippen LogP contribution in [0.1, 0.15) is 10.9 Å². The second-order valence-electron chi connectivity index (χ2n) is 4.80. The van der Waals surface area contributed by atoms with E-state index in [1.54, 1.807) is 40.4 Å². The molecule has 0 fully saturated rings. The largest absolute Gasteiger partial charge is 0.263 e. The number of thiophene rings is 1. The van der Waals surface area contributed by atoms with Crippen molar-refractivity contribution in [3.05, 3.63) is 70.1 Å². The molecule has 0 aliphatic carbocycles. The smallest absolute Gasteiger partial charge is 0.242 e. The van der Waals surface area contributed by atoms with Crippen LogP contribution in [-0.2, 0) is 10.0 Å². The van der Waals surface area contributed by atoms with Gasteiger partial charge in [0.2, 0.25) is 10.0 Å². The van der Waals surface area contributed by atoms with Crippen LogP contribution >= 0.6 is 22.9 Å². The fraction of sp³-hybridized carbons (Fsp3) is 0.133. The van der Waals surface area contributed by atoms with Gasteiger partial charge in [0.05, 0.1) is 11.1 Å². The topological polar surface area (TPSA) is 64.0 Å². The first-order valence-electron chi connectivity index (χ1n) is 6.84. The van der Waals surface area contributed by atoms with Crippen molar-refractivity contribution < 1.29 is 8.42 Å². The molecule has 0 saturated heterocycles. The Balaban J connectivity index is 1.84. The van der Waals surface area contributed by atoms with Crippen molar-refractivity contribution in [1.29, 1.82) is 0 Å². The monoisotopic (exact) mass is 367 g/mol. The number of nitrogens with zero attached hydrogens (tertiary/aromatic N) is 2. The summed E-state index contributed by atoms with van der Waals surface area (Å²) < 4.78 is 29.3. The maximum Gasteiger partial charge on any atom is 0.242 e. The van der Waals surface area contributed by atoms with Gasteiger partial charge in [0, 0.05) is 23.8 Å². The molecule has 0 bridgehead atoms. The Hall–Kier alpha value is -1.67. The van der Waals surface area contributed by atoms with E-state index in [4.69, 9.17) is 11.6 Å². The Morgan fingerprint density at radius 2 is 2.04 bits per heavy atom. The van der Waals surface area contributed by atoms with E-state index in [9.17, 15) is 8.42 Å². The molecule has 120 valence electrons. The van der Waals surface area contributed by atoms with Gasteiger partial charge in [-0.1, -0.05) is 29.8 Å². The summed E-state index contributed by atoms with van der Waals surface area (Å²) in [4.78, 5) is 1.10. The molecular weight excluding hydrogens is 354 g/mol. The molecule has 3 rings (SSSR count). The van der Waals surface area contributed by atoms with Gasteiger partial charge in [-0.05, 0) is 29.6 Å². The van der Waals surface area contributed by atoms with E-state index in [2.05, 4.69) is 9.82 Å². The summed E-state index contributed by atoms with van der Waals surface area (Å²) in [6, 6.07) is 11.9. The Morgan fingerprint density at radius 1 is 1.22 bits per heavy atom. The van der Waals surface area contributed by atoms with Crippen LogP contribution < -0.4 is 4.72 Å². The van der Waals surface area contributed by atoms with E-state index in [1.807, 2.05) is 29.8 Å². The molecular formula is C15H14ClN3O2S2. The molecule has 1 unspecified atom stereocenters.